The Labute approximate surface area is 143 Å². The molecular formula is C16H18N6O3. The monoisotopic (exact) mass is 342 g/mol. The number of hydrogen-bond acceptors (Lipinski definition) is 7. The molecule has 4 rings (SSSR count). The fourth-order valence-corrected chi connectivity index (χ4v) is 2.98. The first-order valence-corrected chi connectivity index (χ1v) is 8.07. The van der Waals surface area contributed by atoms with E-state index in [4.69, 9.17) is 9.26 Å². The van der Waals surface area contributed by atoms with Crippen LogP contribution in [-0.2, 0) is 4.74 Å². The van der Waals surface area contributed by atoms with Crippen molar-refractivity contribution in [2.24, 2.45) is 0 Å². The summed E-state index contributed by atoms with van der Waals surface area (Å²) >= 11 is 0. The maximum atomic E-state index is 13.0. The van der Waals surface area contributed by atoms with Crippen molar-refractivity contribution in [3.05, 3.63) is 41.4 Å². The van der Waals surface area contributed by atoms with E-state index < -0.39 is 6.10 Å². The second-order valence-electron chi connectivity index (χ2n) is 6.22. The summed E-state index contributed by atoms with van der Waals surface area (Å²) in [6.45, 7) is 6.36. The third-order valence-electron chi connectivity index (χ3n) is 4.10. The Bertz CT molecular complexity index is 933. The van der Waals surface area contributed by atoms with Gasteiger partial charge in [-0.3, -0.25) is 4.79 Å². The smallest absolute Gasteiger partial charge is 0.259 e. The number of carbonyl (C=O) groups excluding carboxylic acids is 1. The minimum absolute atomic E-state index is 0.135. The Morgan fingerprint density at radius 2 is 2.12 bits per heavy atom. The number of rotatable bonds is 2. The van der Waals surface area contributed by atoms with Gasteiger partial charge in [-0.2, -0.15) is 10.1 Å². The highest BCUT2D eigenvalue weighted by Crippen LogP contribution is 2.25. The Morgan fingerprint density at radius 1 is 1.28 bits per heavy atom. The van der Waals surface area contributed by atoms with Crippen LogP contribution >= 0.6 is 0 Å². The quantitative estimate of drug-likeness (QED) is 0.693. The molecule has 0 aliphatic carbocycles. The predicted octanol–water partition coefficient (Wildman–Crippen LogP) is 1.33. The number of morpholine rings is 1. The number of hydrogen-bond donors (Lipinski definition) is 0. The highest BCUT2D eigenvalue weighted by Gasteiger charge is 2.34. The van der Waals surface area contributed by atoms with E-state index in [0.717, 1.165) is 5.69 Å². The summed E-state index contributed by atoms with van der Waals surface area (Å²) < 4.78 is 12.7. The summed E-state index contributed by atoms with van der Waals surface area (Å²) in [5.74, 6) is 0.789. The number of nitrogens with zero attached hydrogens (tertiary/aromatic N) is 6. The molecule has 1 saturated heterocycles. The van der Waals surface area contributed by atoms with Gasteiger partial charge in [-0.25, -0.2) is 9.50 Å². The third kappa shape index (κ3) is 2.86. The van der Waals surface area contributed by atoms with Crippen molar-refractivity contribution < 1.29 is 14.1 Å². The molecule has 1 amide bonds. The lowest BCUT2D eigenvalue weighted by molar-refractivity contribution is -0.0809. The molecule has 9 heteroatoms. The molecule has 1 aliphatic heterocycles. The highest BCUT2D eigenvalue weighted by atomic mass is 16.5. The molecule has 0 saturated carbocycles. The van der Waals surface area contributed by atoms with Gasteiger partial charge < -0.3 is 14.2 Å². The van der Waals surface area contributed by atoms with Crippen LogP contribution in [0.2, 0.25) is 0 Å². The van der Waals surface area contributed by atoms with E-state index in [2.05, 4.69) is 20.2 Å². The molecular weight excluding hydrogens is 324 g/mol. The van der Waals surface area contributed by atoms with E-state index in [1.807, 2.05) is 19.9 Å². The third-order valence-corrected chi connectivity index (χ3v) is 4.10. The number of aromatic nitrogens is 5. The lowest BCUT2D eigenvalue weighted by atomic mass is 10.2. The highest BCUT2D eigenvalue weighted by molar-refractivity contribution is 5.99. The van der Waals surface area contributed by atoms with E-state index in [1.54, 1.807) is 28.7 Å². The van der Waals surface area contributed by atoms with Crippen molar-refractivity contribution in [2.45, 2.75) is 33.0 Å². The first-order valence-electron chi connectivity index (χ1n) is 8.07. The van der Waals surface area contributed by atoms with Crippen molar-refractivity contribution in [3.63, 3.8) is 0 Å². The SMILES string of the molecule is Cc1ccn2ncc(C(=O)N3C[C@@H](C)O[C@@H](c4nc(C)no4)C3)c2n1. The van der Waals surface area contributed by atoms with Crippen molar-refractivity contribution in [1.82, 2.24) is 29.6 Å². The van der Waals surface area contributed by atoms with Crippen LogP contribution in [-0.4, -0.2) is 54.7 Å². The predicted molar refractivity (Wildman–Crippen MR) is 86.0 cm³/mol. The van der Waals surface area contributed by atoms with Crippen molar-refractivity contribution in [2.75, 3.05) is 13.1 Å². The first kappa shape index (κ1) is 15.7. The van der Waals surface area contributed by atoms with Crippen LogP contribution in [0.25, 0.3) is 5.65 Å². The van der Waals surface area contributed by atoms with Crippen LogP contribution in [0.1, 0.15) is 40.8 Å². The standard InChI is InChI=1S/C16H18N6O3/c1-9-4-5-22-14(18-9)12(6-17-22)16(23)21-7-10(2)24-13(8-21)15-19-11(3)20-25-15/h4-6,10,13H,7-8H2,1-3H3/t10-,13-/m1/s1. The molecule has 3 aromatic rings. The number of amides is 1. The molecule has 0 N–H and O–H groups in total. The van der Waals surface area contributed by atoms with Crippen LogP contribution in [0.3, 0.4) is 0 Å². The summed E-state index contributed by atoms with van der Waals surface area (Å²) in [4.78, 5) is 23.4. The number of ether oxygens (including phenoxy) is 1. The molecule has 2 atom stereocenters. The number of fused-ring (bicyclic) bond motifs is 1. The van der Waals surface area contributed by atoms with Crippen LogP contribution < -0.4 is 0 Å². The molecule has 0 bridgehead atoms. The summed E-state index contributed by atoms with van der Waals surface area (Å²) in [6, 6.07) is 1.85. The van der Waals surface area contributed by atoms with E-state index in [-0.39, 0.29) is 12.0 Å². The topological polar surface area (TPSA) is 98.7 Å². The van der Waals surface area contributed by atoms with Crippen LogP contribution in [0, 0.1) is 13.8 Å². The maximum Gasteiger partial charge on any atom is 0.259 e. The molecule has 25 heavy (non-hydrogen) atoms. The Hall–Kier alpha value is -2.81. The average Bonchev–Trinajstić information content (AvgIpc) is 3.19. The summed E-state index contributed by atoms with van der Waals surface area (Å²) in [7, 11) is 0. The van der Waals surface area contributed by atoms with Gasteiger partial charge in [0.2, 0.25) is 0 Å². The van der Waals surface area contributed by atoms with Gasteiger partial charge in [-0.05, 0) is 26.8 Å². The molecule has 1 aliphatic rings. The minimum Gasteiger partial charge on any atom is -0.362 e. The molecule has 0 aromatic carbocycles. The van der Waals surface area contributed by atoms with Crippen LogP contribution in [0.4, 0.5) is 0 Å². The van der Waals surface area contributed by atoms with Gasteiger partial charge in [0, 0.05) is 18.4 Å². The molecule has 1 fully saturated rings. The maximum absolute atomic E-state index is 13.0. The normalized spacial score (nSPS) is 21.0. The van der Waals surface area contributed by atoms with Gasteiger partial charge in [0.15, 0.2) is 17.6 Å². The zero-order chi connectivity index (χ0) is 17.6. The van der Waals surface area contributed by atoms with E-state index in [1.165, 1.54) is 0 Å². The molecule has 0 unspecified atom stereocenters. The van der Waals surface area contributed by atoms with Crippen molar-refractivity contribution >= 4 is 11.6 Å². The Kier molecular flexibility index (Phi) is 3.72. The zero-order valence-corrected chi connectivity index (χ0v) is 14.2. The van der Waals surface area contributed by atoms with Crippen LogP contribution in [0.5, 0.6) is 0 Å². The number of carbonyl (C=O) groups is 1. The summed E-state index contributed by atoms with van der Waals surface area (Å²) in [5, 5.41) is 8.00. The van der Waals surface area contributed by atoms with Crippen LogP contribution in [0.15, 0.2) is 23.0 Å². The molecule has 9 nitrogen and oxygen atoms in total. The lowest BCUT2D eigenvalue weighted by Crippen LogP contribution is -2.46. The largest absolute Gasteiger partial charge is 0.362 e. The van der Waals surface area contributed by atoms with E-state index >= 15 is 0 Å². The molecule has 0 spiro atoms. The van der Waals surface area contributed by atoms with Gasteiger partial charge in [0.25, 0.3) is 11.8 Å². The van der Waals surface area contributed by atoms with Gasteiger partial charge in [-0.15, -0.1) is 0 Å². The van der Waals surface area contributed by atoms with Crippen molar-refractivity contribution in [1.29, 1.82) is 0 Å². The first-order chi connectivity index (χ1) is 12.0. The van der Waals surface area contributed by atoms with Gasteiger partial charge in [0.1, 0.15) is 5.56 Å². The minimum atomic E-state index is -0.439. The van der Waals surface area contributed by atoms with Gasteiger partial charge in [-0.1, -0.05) is 5.16 Å². The molecule has 130 valence electrons. The molecule has 3 aromatic heterocycles. The fraction of sp³-hybridized carbons (Fsp3) is 0.438. The lowest BCUT2D eigenvalue weighted by Gasteiger charge is -2.35. The van der Waals surface area contributed by atoms with E-state index in [0.29, 0.717) is 36.0 Å². The van der Waals surface area contributed by atoms with E-state index in [9.17, 15) is 4.79 Å². The molecule has 0 radical (unpaired) electrons. The Balaban J connectivity index is 1.63. The van der Waals surface area contributed by atoms with Gasteiger partial charge in [0.05, 0.1) is 18.8 Å². The second-order valence-corrected chi connectivity index (χ2v) is 6.22. The van der Waals surface area contributed by atoms with Crippen molar-refractivity contribution in [3.8, 4) is 0 Å². The zero-order valence-electron chi connectivity index (χ0n) is 14.2. The number of aryl methyl sites for hydroxylation is 2. The summed E-state index contributed by atoms with van der Waals surface area (Å²) in [6.07, 6.45) is 2.76. The van der Waals surface area contributed by atoms with Gasteiger partial charge >= 0.3 is 0 Å². The summed E-state index contributed by atoms with van der Waals surface area (Å²) in [5.41, 5.74) is 1.85. The fourth-order valence-electron chi connectivity index (χ4n) is 2.98. The second kappa shape index (κ2) is 5.92. The Morgan fingerprint density at radius 3 is 2.88 bits per heavy atom. The molecule has 4 heterocycles. The average molecular weight is 342 g/mol.